The summed E-state index contributed by atoms with van der Waals surface area (Å²) in [5.41, 5.74) is 2.79. The van der Waals surface area contributed by atoms with Crippen LogP contribution in [0.15, 0.2) is 60.3 Å². The predicted molar refractivity (Wildman–Crippen MR) is 114 cm³/mol. The van der Waals surface area contributed by atoms with Crippen molar-refractivity contribution < 1.29 is 14.3 Å². The number of amides is 2. The first-order chi connectivity index (χ1) is 14.0. The van der Waals surface area contributed by atoms with Crippen molar-refractivity contribution in [2.75, 3.05) is 13.2 Å². The molecule has 5 heteroatoms. The van der Waals surface area contributed by atoms with Gasteiger partial charge in [-0.15, -0.1) is 0 Å². The fourth-order valence-electron chi connectivity index (χ4n) is 3.19. The van der Waals surface area contributed by atoms with E-state index in [0.29, 0.717) is 18.0 Å². The molecule has 29 heavy (non-hydrogen) atoms. The predicted octanol–water partition coefficient (Wildman–Crippen LogP) is 3.88. The summed E-state index contributed by atoms with van der Waals surface area (Å²) in [5.74, 6) is -0.208. The van der Waals surface area contributed by atoms with E-state index in [4.69, 9.17) is 4.74 Å². The van der Waals surface area contributed by atoms with E-state index in [1.165, 1.54) is 5.56 Å². The summed E-state index contributed by atoms with van der Waals surface area (Å²) >= 11 is 0. The van der Waals surface area contributed by atoms with Crippen LogP contribution in [0.1, 0.15) is 54.1 Å². The van der Waals surface area contributed by atoms with Crippen LogP contribution in [-0.4, -0.2) is 31.1 Å². The van der Waals surface area contributed by atoms with E-state index in [9.17, 15) is 9.59 Å². The van der Waals surface area contributed by atoms with Crippen molar-refractivity contribution in [3.8, 4) is 0 Å². The number of ether oxygens (including phenoxy) is 1. The van der Waals surface area contributed by atoms with Crippen molar-refractivity contribution in [2.24, 2.45) is 0 Å². The van der Waals surface area contributed by atoms with Crippen molar-refractivity contribution in [2.45, 2.75) is 38.7 Å². The van der Waals surface area contributed by atoms with Gasteiger partial charge in [-0.1, -0.05) is 56.3 Å². The first-order valence-electron chi connectivity index (χ1n) is 10.1. The van der Waals surface area contributed by atoms with Gasteiger partial charge in [0.1, 0.15) is 5.70 Å². The Labute approximate surface area is 172 Å². The summed E-state index contributed by atoms with van der Waals surface area (Å²) in [5, 5.41) is 5.65. The molecular weight excluding hydrogens is 364 g/mol. The van der Waals surface area contributed by atoms with Gasteiger partial charge in [-0.25, -0.2) is 0 Å². The van der Waals surface area contributed by atoms with Crippen LogP contribution in [0, 0.1) is 0 Å². The van der Waals surface area contributed by atoms with E-state index in [0.717, 1.165) is 25.0 Å². The smallest absolute Gasteiger partial charge is 0.267 e. The third kappa shape index (κ3) is 6.03. The van der Waals surface area contributed by atoms with Crippen LogP contribution in [-0.2, 0) is 9.53 Å². The zero-order valence-corrected chi connectivity index (χ0v) is 17.0. The largest absolute Gasteiger partial charge is 0.376 e. The molecule has 2 aromatic rings. The van der Waals surface area contributed by atoms with E-state index in [1.54, 1.807) is 30.3 Å². The molecule has 1 fully saturated rings. The molecule has 1 aliphatic heterocycles. The second-order valence-electron chi connectivity index (χ2n) is 7.54. The lowest BCUT2D eigenvalue weighted by molar-refractivity contribution is -0.118. The molecule has 1 heterocycles. The fraction of sp³-hybridized carbons (Fsp3) is 0.333. The topological polar surface area (TPSA) is 67.4 Å². The number of carbonyl (C=O) groups is 2. The normalized spacial score (nSPS) is 16.7. The van der Waals surface area contributed by atoms with E-state index in [2.05, 4.69) is 24.5 Å². The third-order valence-corrected chi connectivity index (χ3v) is 4.96. The molecule has 5 nitrogen and oxygen atoms in total. The first-order valence-corrected chi connectivity index (χ1v) is 10.1. The maximum Gasteiger partial charge on any atom is 0.267 e. The van der Waals surface area contributed by atoms with Crippen molar-refractivity contribution >= 4 is 17.9 Å². The van der Waals surface area contributed by atoms with E-state index in [1.807, 2.05) is 30.3 Å². The van der Waals surface area contributed by atoms with E-state index < -0.39 is 0 Å². The molecule has 3 rings (SSSR count). The van der Waals surface area contributed by atoms with E-state index in [-0.39, 0.29) is 23.6 Å². The SMILES string of the molecule is CC(C)c1ccc(/C=C(\NC(=O)c2ccccc2)C(=O)NC[C@H]2CCCO2)cc1. The molecule has 1 saturated heterocycles. The summed E-state index contributed by atoms with van der Waals surface area (Å²) in [7, 11) is 0. The Kier molecular flexibility index (Phi) is 7.19. The minimum atomic E-state index is -0.322. The molecule has 0 radical (unpaired) electrons. The minimum absolute atomic E-state index is 0.0374. The van der Waals surface area contributed by atoms with Crippen molar-refractivity contribution in [3.63, 3.8) is 0 Å². The van der Waals surface area contributed by atoms with Crippen LogP contribution in [0.5, 0.6) is 0 Å². The molecule has 1 atom stereocenters. The van der Waals surface area contributed by atoms with E-state index >= 15 is 0 Å². The van der Waals surface area contributed by atoms with Crippen LogP contribution in [0.4, 0.5) is 0 Å². The van der Waals surface area contributed by atoms with Crippen LogP contribution >= 0.6 is 0 Å². The third-order valence-electron chi connectivity index (χ3n) is 4.96. The Balaban J connectivity index is 1.77. The highest BCUT2D eigenvalue weighted by molar-refractivity contribution is 6.05. The number of nitrogens with one attached hydrogen (secondary N) is 2. The molecule has 2 N–H and O–H groups in total. The molecular formula is C24H28N2O3. The number of hydrogen-bond donors (Lipinski definition) is 2. The number of carbonyl (C=O) groups excluding carboxylic acids is 2. The Bertz CT molecular complexity index is 851. The lowest BCUT2D eigenvalue weighted by Crippen LogP contribution is -2.38. The lowest BCUT2D eigenvalue weighted by Gasteiger charge is -2.14. The molecule has 0 aliphatic carbocycles. The Morgan fingerprint density at radius 1 is 1.10 bits per heavy atom. The summed E-state index contributed by atoms with van der Waals surface area (Å²) in [6, 6.07) is 16.9. The monoisotopic (exact) mass is 392 g/mol. The van der Waals surface area contributed by atoms with Gasteiger partial charge >= 0.3 is 0 Å². The standard InChI is InChI=1S/C24H28N2O3/c1-17(2)19-12-10-18(11-13-19)15-22(24(28)25-16-21-9-6-14-29-21)26-23(27)20-7-4-3-5-8-20/h3-5,7-8,10-13,15,17,21H,6,9,14,16H2,1-2H3,(H,25,28)(H,26,27)/b22-15-/t21-/m1/s1. The van der Waals surface area contributed by atoms with Gasteiger partial charge in [0.05, 0.1) is 6.10 Å². The van der Waals surface area contributed by atoms with Gasteiger partial charge in [0.25, 0.3) is 11.8 Å². The highest BCUT2D eigenvalue weighted by Crippen LogP contribution is 2.16. The maximum absolute atomic E-state index is 12.8. The zero-order chi connectivity index (χ0) is 20.6. The molecule has 1 aliphatic rings. The number of rotatable bonds is 7. The van der Waals surface area contributed by atoms with Gasteiger partial charge in [-0.2, -0.15) is 0 Å². The minimum Gasteiger partial charge on any atom is -0.376 e. The van der Waals surface area contributed by atoms with Gasteiger partial charge in [-0.3, -0.25) is 9.59 Å². The van der Waals surface area contributed by atoms with Crippen LogP contribution in [0.3, 0.4) is 0 Å². The van der Waals surface area contributed by atoms with Crippen molar-refractivity contribution in [3.05, 3.63) is 77.0 Å². The van der Waals surface area contributed by atoms with Gasteiger partial charge in [-0.05, 0) is 48.1 Å². The van der Waals surface area contributed by atoms with Gasteiger partial charge in [0, 0.05) is 18.7 Å². The lowest BCUT2D eigenvalue weighted by atomic mass is 10.0. The second-order valence-corrected chi connectivity index (χ2v) is 7.54. The van der Waals surface area contributed by atoms with Gasteiger partial charge < -0.3 is 15.4 Å². The van der Waals surface area contributed by atoms with Crippen molar-refractivity contribution in [1.29, 1.82) is 0 Å². The van der Waals surface area contributed by atoms with Crippen LogP contribution in [0.25, 0.3) is 6.08 Å². The maximum atomic E-state index is 12.8. The Hall–Kier alpha value is -2.92. The average molecular weight is 392 g/mol. The summed E-state index contributed by atoms with van der Waals surface area (Å²) in [4.78, 5) is 25.4. The zero-order valence-electron chi connectivity index (χ0n) is 17.0. The average Bonchev–Trinajstić information content (AvgIpc) is 3.26. The van der Waals surface area contributed by atoms with Gasteiger partial charge in [0.2, 0.25) is 0 Å². The molecule has 0 saturated carbocycles. The Morgan fingerprint density at radius 3 is 2.45 bits per heavy atom. The van der Waals surface area contributed by atoms with Crippen LogP contribution < -0.4 is 10.6 Å². The molecule has 2 aromatic carbocycles. The summed E-state index contributed by atoms with van der Waals surface area (Å²) < 4.78 is 5.57. The molecule has 0 bridgehead atoms. The molecule has 2 amide bonds. The molecule has 0 unspecified atom stereocenters. The van der Waals surface area contributed by atoms with Gasteiger partial charge in [0.15, 0.2) is 0 Å². The molecule has 0 aromatic heterocycles. The quantitative estimate of drug-likeness (QED) is 0.703. The highest BCUT2D eigenvalue weighted by atomic mass is 16.5. The van der Waals surface area contributed by atoms with Crippen LogP contribution in [0.2, 0.25) is 0 Å². The number of benzene rings is 2. The first kappa shape index (κ1) is 20.8. The molecule has 0 spiro atoms. The fourth-order valence-corrected chi connectivity index (χ4v) is 3.19. The second kappa shape index (κ2) is 10.0. The molecule has 152 valence electrons. The van der Waals surface area contributed by atoms with Crippen molar-refractivity contribution in [1.82, 2.24) is 10.6 Å². The summed E-state index contributed by atoms with van der Waals surface area (Å²) in [6.07, 6.45) is 3.69. The Morgan fingerprint density at radius 2 is 1.83 bits per heavy atom. The summed E-state index contributed by atoms with van der Waals surface area (Å²) in [6.45, 7) is 5.43. The highest BCUT2D eigenvalue weighted by Gasteiger charge is 2.19. The number of hydrogen-bond acceptors (Lipinski definition) is 3.